The Hall–Kier alpha value is -1.94. The van der Waals surface area contributed by atoms with Gasteiger partial charge in [0.05, 0.1) is 26.4 Å². The number of phosphoric acid groups is 2. The van der Waals surface area contributed by atoms with Crippen LogP contribution in [0.2, 0.25) is 0 Å². The van der Waals surface area contributed by atoms with E-state index in [1.54, 1.807) is 0 Å². The van der Waals surface area contributed by atoms with Crippen LogP contribution in [0.3, 0.4) is 0 Å². The van der Waals surface area contributed by atoms with E-state index in [9.17, 15) is 43.2 Å². The molecule has 0 radical (unpaired) electrons. The molecule has 3 N–H and O–H groups in total. The van der Waals surface area contributed by atoms with E-state index in [0.29, 0.717) is 25.7 Å². The smallest absolute Gasteiger partial charge is 0.462 e. The number of unbranched alkanes of at least 4 members (excludes halogenated alkanes) is 16. The fourth-order valence-corrected chi connectivity index (χ4v) is 7.15. The van der Waals surface area contributed by atoms with Crippen LogP contribution < -0.4 is 0 Å². The molecule has 2 unspecified atom stereocenters. The molecule has 354 valence electrons. The molecule has 0 rings (SSSR count). The highest BCUT2D eigenvalue weighted by atomic mass is 31.2. The lowest BCUT2D eigenvalue weighted by Gasteiger charge is -2.21. The molecule has 0 aromatic rings. The molecule has 0 aliphatic rings. The monoisotopic (exact) mass is 904 g/mol. The van der Waals surface area contributed by atoms with E-state index in [-0.39, 0.29) is 25.7 Å². The zero-order valence-corrected chi connectivity index (χ0v) is 38.7. The summed E-state index contributed by atoms with van der Waals surface area (Å²) >= 11 is 0. The van der Waals surface area contributed by atoms with Crippen LogP contribution in [0.25, 0.3) is 0 Å². The van der Waals surface area contributed by atoms with E-state index in [4.69, 9.17) is 37.0 Å². The van der Waals surface area contributed by atoms with Crippen molar-refractivity contribution in [2.75, 3.05) is 39.6 Å². The lowest BCUT2D eigenvalue weighted by atomic mass is 10.1. The number of rotatable bonds is 42. The van der Waals surface area contributed by atoms with Gasteiger partial charge in [-0.2, -0.15) is 0 Å². The number of aliphatic hydroxyl groups excluding tert-OH is 1. The zero-order chi connectivity index (χ0) is 44.9. The third-order valence-electron chi connectivity index (χ3n) is 9.10. The first-order chi connectivity index (χ1) is 28.7. The van der Waals surface area contributed by atoms with Gasteiger partial charge in [-0.3, -0.25) is 37.3 Å². The summed E-state index contributed by atoms with van der Waals surface area (Å²) in [5.41, 5.74) is 0. The van der Waals surface area contributed by atoms with Gasteiger partial charge in [0.25, 0.3) is 0 Å². The fraction of sp³-hybridized carbons (Fsp3) is 0.902. The van der Waals surface area contributed by atoms with E-state index >= 15 is 0 Å². The van der Waals surface area contributed by atoms with Crippen LogP contribution in [-0.2, 0) is 65.4 Å². The van der Waals surface area contributed by atoms with Crippen LogP contribution in [-0.4, -0.2) is 96.7 Å². The second kappa shape index (κ2) is 37.6. The Kier molecular flexibility index (Phi) is 36.4. The van der Waals surface area contributed by atoms with Gasteiger partial charge in [0.15, 0.2) is 12.2 Å². The van der Waals surface area contributed by atoms with E-state index in [1.807, 2.05) is 13.8 Å². The van der Waals surface area contributed by atoms with Gasteiger partial charge in [0.1, 0.15) is 19.3 Å². The van der Waals surface area contributed by atoms with Gasteiger partial charge in [-0.1, -0.05) is 130 Å². The molecular formula is C41H78O17P2. The molecule has 0 spiro atoms. The average Bonchev–Trinajstić information content (AvgIpc) is 3.21. The third-order valence-corrected chi connectivity index (χ3v) is 11.0. The Labute approximate surface area is 358 Å². The molecule has 0 bridgehead atoms. The molecule has 0 aromatic carbocycles. The number of hydrogen-bond acceptors (Lipinski definition) is 15. The molecule has 5 atom stereocenters. The van der Waals surface area contributed by atoms with Gasteiger partial charge in [0.2, 0.25) is 0 Å². The Morgan fingerprint density at radius 2 is 0.667 bits per heavy atom. The summed E-state index contributed by atoms with van der Waals surface area (Å²) in [5.74, 6) is -2.22. The molecule has 17 nitrogen and oxygen atoms in total. The molecule has 0 aromatic heterocycles. The Morgan fingerprint density at radius 3 is 1.00 bits per heavy atom. The fourth-order valence-electron chi connectivity index (χ4n) is 5.57. The maximum atomic E-state index is 12.7. The van der Waals surface area contributed by atoms with Gasteiger partial charge < -0.3 is 33.8 Å². The van der Waals surface area contributed by atoms with E-state index in [2.05, 4.69) is 13.8 Å². The van der Waals surface area contributed by atoms with Crippen molar-refractivity contribution in [3.63, 3.8) is 0 Å². The Bertz CT molecular complexity index is 1220. The lowest BCUT2D eigenvalue weighted by molar-refractivity contribution is -0.161. The number of esters is 4. The van der Waals surface area contributed by atoms with Crippen molar-refractivity contribution < 1.29 is 80.2 Å². The van der Waals surface area contributed by atoms with Crippen molar-refractivity contribution in [1.82, 2.24) is 0 Å². The quantitative estimate of drug-likeness (QED) is 0.0224. The highest BCUT2D eigenvalue weighted by Gasteiger charge is 2.30. The minimum absolute atomic E-state index is 0.0944. The van der Waals surface area contributed by atoms with Gasteiger partial charge in [0, 0.05) is 25.7 Å². The number of carbonyl (C=O) groups is 4. The summed E-state index contributed by atoms with van der Waals surface area (Å²) in [6, 6.07) is 0. The van der Waals surface area contributed by atoms with Gasteiger partial charge in [-0.15, -0.1) is 0 Å². The molecule has 0 amide bonds. The number of carbonyl (C=O) groups excluding carboxylic acids is 4. The maximum absolute atomic E-state index is 12.7. The topological polar surface area (TPSA) is 237 Å². The van der Waals surface area contributed by atoms with E-state index in [1.165, 1.54) is 0 Å². The molecule has 19 heteroatoms. The minimum atomic E-state index is -4.90. The molecule has 0 saturated carbocycles. The second-order valence-electron chi connectivity index (χ2n) is 15.0. The van der Waals surface area contributed by atoms with Crippen molar-refractivity contribution in [2.45, 2.75) is 200 Å². The largest absolute Gasteiger partial charge is 0.472 e. The predicted octanol–water partition coefficient (Wildman–Crippen LogP) is 8.97. The summed E-state index contributed by atoms with van der Waals surface area (Å²) in [5, 5.41) is 10.3. The number of hydrogen-bond donors (Lipinski definition) is 3. The van der Waals surface area contributed by atoms with Crippen LogP contribution in [0.1, 0.15) is 182 Å². The third kappa shape index (κ3) is 36.7. The van der Waals surface area contributed by atoms with Gasteiger partial charge in [-0.25, -0.2) is 9.13 Å². The maximum Gasteiger partial charge on any atom is 0.472 e. The zero-order valence-electron chi connectivity index (χ0n) is 36.9. The van der Waals surface area contributed by atoms with Crippen LogP contribution in [0, 0.1) is 0 Å². The summed E-state index contributed by atoms with van der Waals surface area (Å²) < 4.78 is 66.1. The number of phosphoric ester groups is 2. The normalized spacial score (nSPS) is 15.0. The van der Waals surface area contributed by atoms with Crippen LogP contribution in [0.15, 0.2) is 0 Å². The standard InChI is InChI=1S/C41H78O17P2/c1-5-9-13-17-19-23-26-39(44)52-32-37(58-41(46)28-24-20-18-14-10-6-2)34-56-60(49,50)54-30-35(42)29-53-59(47,48)55-33-36(57-40(45)27-22-16-12-8-4)31-51-38(43)25-21-15-11-7-3/h35-37,42H,5-34H2,1-4H3,(H,47,48)(H,49,50)/t35-,36-,37-/m1/s1. The highest BCUT2D eigenvalue weighted by Crippen LogP contribution is 2.45. The highest BCUT2D eigenvalue weighted by molar-refractivity contribution is 7.47. The molecule has 0 heterocycles. The SMILES string of the molecule is CCCCCCCCC(=O)OC[C@H](COP(=O)(O)OC[C@H](O)COP(=O)(O)OC[C@@H](COC(=O)CCCCCC)OC(=O)CCCCCC)OC(=O)CCCCCCCC. The molecule has 60 heavy (non-hydrogen) atoms. The summed E-state index contributed by atoms with van der Waals surface area (Å²) in [6.07, 6.45) is 14.6. The summed E-state index contributed by atoms with van der Waals surface area (Å²) in [4.78, 5) is 70.0. The van der Waals surface area contributed by atoms with Crippen molar-refractivity contribution in [1.29, 1.82) is 0 Å². The van der Waals surface area contributed by atoms with Crippen molar-refractivity contribution in [2.24, 2.45) is 0 Å². The lowest BCUT2D eigenvalue weighted by Crippen LogP contribution is -2.30. The first-order valence-electron chi connectivity index (χ1n) is 22.3. The molecule has 0 saturated heterocycles. The van der Waals surface area contributed by atoms with Crippen molar-refractivity contribution >= 4 is 39.5 Å². The molecule has 0 aliphatic heterocycles. The van der Waals surface area contributed by atoms with Crippen molar-refractivity contribution in [3.05, 3.63) is 0 Å². The summed E-state index contributed by atoms with van der Waals surface area (Å²) in [7, 11) is -9.80. The molecule has 0 aliphatic carbocycles. The Morgan fingerprint density at radius 1 is 0.400 bits per heavy atom. The van der Waals surface area contributed by atoms with Crippen LogP contribution >= 0.6 is 15.6 Å². The molecular weight excluding hydrogens is 826 g/mol. The first kappa shape index (κ1) is 58.1. The van der Waals surface area contributed by atoms with Crippen LogP contribution in [0.5, 0.6) is 0 Å². The van der Waals surface area contributed by atoms with Crippen LogP contribution in [0.4, 0.5) is 0 Å². The average molecular weight is 905 g/mol. The van der Waals surface area contributed by atoms with Gasteiger partial charge >= 0.3 is 39.5 Å². The summed E-state index contributed by atoms with van der Waals surface area (Å²) in [6.45, 7) is 4.32. The van der Waals surface area contributed by atoms with Gasteiger partial charge in [-0.05, 0) is 25.7 Å². The number of aliphatic hydroxyl groups is 1. The van der Waals surface area contributed by atoms with E-state index in [0.717, 1.165) is 103 Å². The first-order valence-corrected chi connectivity index (χ1v) is 25.3. The van der Waals surface area contributed by atoms with Crippen molar-refractivity contribution in [3.8, 4) is 0 Å². The number of ether oxygens (including phenoxy) is 4. The second-order valence-corrected chi connectivity index (χ2v) is 17.9. The molecule has 0 fully saturated rings. The van der Waals surface area contributed by atoms with E-state index < -0.39 is 97.5 Å². The Balaban J connectivity index is 5.10. The minimum Gasteiger partial charge on any atom is -0.462 e. The predicted molar refractivity (Wildman–Crippen MR) is 225 cm³/mol.